The second-order valence-corrected chi connectivity index (χ2v) is 8.63. The third-order valence-electron chi connectivity index (χ3n) is 6.00. The molecule has 3 aromatic carbocycles. The number of hydrogen-bond donors (Lipinski definition) is 2. The van der Waals surface area contributed by atoms with E-state index in [1.807, 2.05) is 12.1 Å². The fraction of sp³-hybridized carbons (Fsp3) is 0.222. The lowest BCUT2D eigenvalue weighted by Crippen LogP contribution is -2.24. The van der Waals surface area contributed by atoms with Gasteiger partial charge in [-0.1, -0.05) is 50.2 Å². The average molecular weight is 491 g/mol. The number of hydrogen-bond acceptors (Lipinski definition) is 4. The fourth-order valence-corrected chi connectivity index (χ4v) is 4.33. The van der Waals surface area contributed by atoms with E-state index in [2.05, 4.69) is 41.2 Å². The highest BCUT2D eigenvalue weighted by atomic mass is 32.1. The van der Waals surface area contributed by atoms with Gasteiger partial charge in [-0.3, -0.25) is 14.5 Å². The van der Waals surface area contributed by atoms with Crippen LogP contribution < -0.4 is 10.9 Å². The van der Waals surface area contributed by atoms with Crippen molar-refractivity contribution in [3.8, 4) is 5.69 Å². The number of fused-ring (bicyclic) bond motifs is 1. The van der Waals surface area contributed by atoms with E-state index >= 15 is 0 Å². The Balaban J connectivity index is 1.55. The Labute approximate surface area is 208 Å². The molecule has 1 aromatic heterocycles. The van der Waals surface area contributed by atoms with Crippen LogP contribution in [0.3, 0.4) is 0 Å². The summed E-state index contributed by atoms with van der Waals surface area (Å²) in [6.45, 7) is 7.48. The molecule has 0 aliphatic rings. The summed E-state index contributed by atoms with van der Waals surface area (Å²) < 4.78 is 15.5. The first kappa shape index (κ1) is 24.5. The Morgan fingerprint density at radius 2 is 1.77 bits per heavy atom. The number of nitrogens with zero attached hydrogens (tertiary/aromatic N) is 2. The molecule has 180 valence electrons. The maximum Gasteiger partial charge on any atom is 0.266 e. The van der Waals surface area contributed by atoms with Crippen LogP contribution in [0.15, 0.2) is 71.5 Å². The molecule has 2 N–H and O–H groups in total. The van der Waals surface area contributed by atoms with Crippen molar-refractivity contribution in [2.75, 3.05) is 13.1 Å². The van der Waals surface area contributed by atoms with E-state index in [1.54, 1.807) is 30.3 Å². The number of benzene rings is 3. The summed E-state index contributed by atoms with van der Waals surface area (Å²) in [5.41, 5.74) is 2.64. The number of nitrogens with one attached hydrogen (secondary N) is 2. The van der Waals surface area contributed by atoms with E-state index in [0.717, 1.165) is 29.8 Å². The normalized spacial score (nSPS) is 11.2. The molecule has 0 aliphatic heterocycles. The summed E-state index contributed by atoms with van der Waals surface area (Å²) in [5, 5.41) is 3.24. The summed E-state index contributed by atoms with van der Waals surface area (Å²) >= 11 is 5.33. The Hall–Kier alpha value is -3.62. The van der Waals surface area contributed by atoms with E-state index in [9.17, 15) is 14.0 Å². The molecule has 0 radical (unpaired) electrons. The van der Waals surface area contributed by atoms with E-state index in [0.29, 0.717) is 23.0 Å². The fourth-order valence-electron chi connectivity index (χ4n) is 4.04. The first-order chi connectivity index (χ1) is 16.9. The number of H-pyrrole nitrogens is 1. The molecule has 0 fully saturated rings. The lowest BCUT2D eigenvalue weighted by molar-refractivity contribution is 0.0951. The quantitative estimate of drug-likeness (QED) is 0.343. The number of aromatic nitrogens is 2. The van der Waals surface area contributed by atoms with E-state index < -0.39 is 11.4 Å². The first-order valence-corrected chi connectivity index (χ1v) is 11.9. The number of halogens is 1. The molecule has 4 rings (SSSR count). The van der Waals surface area contributed by atoms with E-state index in [4.69, 9.17) is 12.2 Å². The van der Waals surface area contributed by atoms with Gasteiger partial charge < -0.3 is 10.3 Å². The molecule has 35 heavy (non-hydrogen) atoms. The van der Waals surface area contributed by atoms with Crippen LogP contribution in [0.4, 0.5) is 4.39 Å². The van der Waals surface area contributed by atoms with E-state index in [-0.39, 0.29) is 16.4 Å². The van der Waals surface area contributed by atoms with Gasteiger partial charge in [0, 0.05) is 18.7 Å². The average Bonchev–Trinajstić information content (AvgIpc) is 2.86. The Morgan fingerprint density at radius 3 is 2.51 bits per heavy atom. The molecule has 4 aromatic rings. The topological polar surface area (TPSA) is 70.1 Å². The van der Waals surface area contributed by atoms with Crippen LogP contribution >= 0.6 is 12.2 Å². The third kappa shape index (κ3) is 5.39. The van der Waals surface area contributed by atoms with Crippen LogP contribution in [0.5, 0.6) is 0 Å². The molecule has 0 aliphatic carbocycles. The molecule has 0 spiro atoms. The van der Waals surface area contributed by atoms with Gasteiger partial charge >= 0.3 is 0 Å². The highest BCUT2D eigenvalue weighted by molar-refractivity contribution is 7.71. The highest BCUT2D eigenvalue weighted by Gasteiger charge is 2.13. The molecule has 8 heteroatoms. The Kier molecular flexibility index (Phi) is 7.53. The van der Waals surface area contributed by atoms with Crippen molar-refractivity contribution in [3.63, 3.8) is 0 Å². The number of rotatable bonds is 8. The number of para-hydroxylation sites is 1. The minimum absolute atomic E-state index is 0.0511. The van der Waals surface area contributed by atoms with Crippen LogP contribution in [0.25, 0.3) is 16.6 Å². The van der Waals surface area contributed by atoms with Crippen LogP contribution in [0.2, 0.25) is 0 Å². The molecule has 6 nitrogen and oxygen atoms in total. The lowest BCUT2D eigenvalue weighted by atomic mass is 10.1. The molecule has 0 saturated heterocycles. The van der Waals surface area contributed by atoms with Crippen molar-refractivity contribution in [2.45, 2.75) is 26.9 Å². The zero-order valence-electron chi connectivity index (χ0n) is 19.7. The van der Waals surface area contributed by atoms with Gasteiger partial charge in [-0.25, -0.2) is 8.96 Å². The van der Waals surface area contributed by atoms with Crippen LogP contribution in [-0.2, 0) is 13.1 Å². The maximum absolute atomic E-state index is 14.3. The Bertz CT molecular complexity index is 1490. The van der Waals surface area contributed by atoms with E-state index in [1.165, 1.54) is 17.7 Å². The van der Waals surface area contributed by atoms with Gasteiger partial charge in [0.15, 0.2) is 4.77 Å². The first-order valence-electron chi connectivity index (χ1n) is 11.5. The zero-order chi connectivity index (χ0) is 24.9. The highest BCUT2D eigenvalue weighted by Crippen LogP contribution is 2.16. The zero-order valence-corrected chi connectivity index (χ0v) is 20.5. The largest absolute Gasteiger partial charge is 0.348 e. The molecular formula is C27H27FN4O2S. The lowest BCUT2D eigenvalue weighted by Gasteiger charge is -2.18. The molecule has 1 heterocycles. The van der Waals surface area contributed by atoms with Crippen molar-refractivity contribution in [1.29, 1.82) is 0 Å². The standard InChI is InChI=1S/C27H27FN4O2S/c1-3-31(4-2)17-19-9-7-8-18(14-19)16-29-25(33)20-12-13-21-23(15-20)30-27(35)32(26(21)34)24-11-6-5-10-22(24)28/h5-15H,3-4,16-17H2,1-2H3,(H,29,33)(H,30,35). The van der Waals surface area contributed by atoms with Crippen molar-refractivity contribution < 1.29 is 9.18 Å². The summed E-state index contributed by atoms with van der Waals surface area (Å²) in [5.74, 6) is -0.815. The van der Waals surface area contributed by atoms with Crippen LogP contribution in [0, 0.1) is 10.6 Å². The predicted octanol–water partition coefficient (Wildman–Crippen LogP) is 4.96. The molecule has 0 saturated carbocycles. The number of carbonyl (C=O) groups excluding carboxylic acids is 1. The van der Waals surface area contributed by atoms with Gasteiger partial charge in [0.25, 0.3) is 11.5 Å². The summed E-state index contributed by atoms with van der Waals surface area (Å²) in [7, 11) is 0. The monoisotopic (exact) mass is 490 g/mol. The summed E-state index contributed by atoms with van der Waals surface area (Å²) in [6.07, 6.45) is 0. The molecule has 0 unspecified atom stereocenters. The minimum Gasteiger partial charge on any atom is -0.348 e. The van der Waals surface area contributed by atoms with Gasteiger partial charge in [0.05, 0.1) is 16.6 Å². The molecule has 0 atom stereocenters. The molecule has 0 bridgehead atoms. The Morgan fingerprint density at radius 1 is 1.03 bits per heavy atom. The number of amides is 1. The van der Waals surface area contributed by atoms with Crippen LogP contribution in [-0.4, -0.2) is 33.4 Å². The minimum atomic E-state index is -0.550. The van der Waals surface area contributed by atoms with Crippen molar-refractivity contribution in [2.24, 2.45) is 0 Å². The van der Waals surface area contributed by atoms with Crippen molar-refractivity contribution in [1.82, 2.24) is 19.8 Å². The van der Waals surface area contributed by atoms with Crippen molar-refractivity contribution in [3.05, 3.63) is 104 Å². The number of aromatic amines is 1. The maximum atomic E-state index is 14.3. The second kappa shape index (κ2) is 10.8. The van der Waals surface area contributed by atoms with Gasteiger partial charge in [-0.05, 0) is 66.8 Å². The van der Waals surface area contributed by atoms with Gasteiger partial charge in [-0.2, -0.15) is 0 Å². The van der Waals surface area contributed by atoms with Crippen LogP contribution in [0.1, 0.15) is 35.3 Å². The summed E-state index contributed by atoms with van der Waals surface area (Å²) in [4.78, 5) is 31.2. The SMILES string of the molecule is CCN(CC)Cc1cccc(CNC(=O)c2ccc3c(=O)n(-c4ccccc4F)c(=S)[nH]c3c2)c1. The van der Waals surface area contributed by atoms with Gasteiger partial charge in [0.1, 0.15) is 5.82 Å². The van der Waals surface area contributed by atoms with Gasteiger partial charge in [-0.15, -0.1) is 0 Å². The third-order valence-corrected chi connectivity index (χ3v) is 6.28. The van der Waals surface area contributed by atoms with Crippen molar-refractivity contribution >= 4 is 29.0 Å². The number of carbonyl (C=O) groups is 1. The second-order valence-electron chi connectivity index (χ2n) is 8.25. The smallest absolute Gasteiger partial charge is 0.266 e. The summed E-state index contributed by atoms with van der Waals surface area (Å²) in [6, 6.07) is 18.8. The predicted molar refractivity (Wildman–Crippen MR) is 139 cm³/mol. The van der Waals surface area contributed by atoms with Gasteiger partial charge in [0.2, 0.25) is 0 Å². The molecular weight excluding hydrogens is 463 g/mol. The molecule has 1 amide bonds.